The number of hydrogen-bond acceptors (Lipinski definition) is 4. The number of ketones is 1. The Bertz CT molecular complexity index is 677. The zero-order valence-electron chi connectivity index (χ0n) is 11.8. The van der Waals surface area contributed by atoms with E-state index in [1.54, 1.807) is 30.3 Å². The van der Waals surface area contributed by atoms with Gasteiger partial charge in [-0.05, 0) is 37.1 Å². The van der Waals surface area contributed by atoms with E-state index in [1.165, 1.54) is 7.11 Å². The Labute approximate surface area is 123 Å². The van der Waals surface area contributed by atoms with Crippen molar-refractivity contribution in [3.63, 3.8) is 0 Å². The van der Waals surface area contributed by atoms with Gasteiger partial charge in [0.2, 0.25) is 0 Å². The highest BCUT2D eigenvalue weighted by atomic mass is 16.5. The number of nitrogen functional groups attached to an aromatic ring is 1. The molecule has 0 aliphatic heterocycles. The van der Waals surface area contributed by atoms with Crippen molar-refractivity contribution in [2.45, 2.75) is 18.9 Å². The third-order valence-electron chi connectivity index (χ3n) is 3.45. The average molecular weight is 283 g/mol. The molecule has 4 heteroatoms. The summed E-state index contributed by atoms with van der Waals surface area (Å²) in [5.74, 6) is 1.10. The number of hydrogen-bond donors (Lipinski definition) is 1. The molecule has 0 amide bonds. The van der Waals surface area contributed by atoms with Crippen LogP contribution in [0.2, 0.25) is 0 Å². The molecule has 0 saturated heterocycles. The lowest BCUT2D eigenvalue weighted by Gasteiger charge is -2.10. The largest absolute Gasteiger partial charge is 0.495 e. The zero-order chi connectivity index (χ0) is 14.8. The van der Waals surface area contributed by atoms with E-state index >= 15 is 0 Å². The smallest absolute Gasteiger partial charge is 0.195 e. The van der Waals surface area contributed by atoms with Gasteiger partial charge in [0.15, 0.2) is 5.78 Å². The Morgan fingerprint density at radius 2 is 1.95 bits per heavy atom. The number of anilines is 1. The first-order valence-electron chi connectivity index (χ1n) is 6.93. The van der Waals surface area contributed by atoms with Crippen LogP contribution in [0.25, 0.3) is 0 Å². The molecule has 4 nitrogen and oxygen atoms in total. The quantitative estimate of drug-likeness (QED) is 0.676. The van der Waals surface area contributed by atoms with Crippen molar-refractivity contribution in [3.8, 4) is 11.5 Å². The van der Waals surface area contributed by atoms with Crippen molar-refractivity contribution in [2.75, 3.05) is 12.8 Å². The number of nitrogens with two attached hydrogens (primary N) is 1. The Hall–Kier alpha value is -2.49. The average Bonchev–Trinajstić information content (AvgIpc) is 3.31. The summed E-state index contributed by atoms with van der Waals surface area (Å²) in [5, 5.41) is 0. The van der Waals surface area contributed by atoms with Crippen LogP contribution in [0.4, 0.5) is 5.69 Å². The van der Waals surface area contributed by atoms with Crippen LogP contribution in [0.1, 0.15) is 28.8 Å². The normalized spacial score (nSPS) is 13.8. The molecule has 1 saturated carbocycles. The molecular weight excluding hydrogens is 266 g/mol. The maximum absolute atomic E-state index is 12.6. The molecule has 2 aromatic rings. The first-order chi connectivity index (χ1) is 10.2. The van der Waals surface area contributed by atoms with Gasteiger partial charge in [0.25, 0.3) is 0 Å². The fourth-order valence-electron chi connectivity index (χ4n) is 2.16. The molecule has 0 radical (unpaired) electrons. The van der Waals surface area contributed by atoms with Gasteiger partial charge >= 0.3 is 0 Å². The van der Waals surface area contributed by atoms with Crippen LogP contribution in [0.3, 0.4) is 0 Å². The Balaban J connectivity index is 1.91. The van der Waals surface area contributed by atoms with Crippen LogP contribution < -0.4 is 15.2 Å². The first kappa shape index (κ1) is 13.5. The van der Waals surface area contributed by atoms with Crippen LogP contribution in [-0.2, 0) is 0 Å². The second-order valence-corrected chi connectivity index (χ2v) is 5.10. The summed E-state index contributed by atoms with van der Waals surface area (Å²) < 4.78 is 10.9. The summed E-state index contributed by atoms with van der Waals surface area (Å²) in [6, 6.07) is 12.4. The summed E-state index contributed by atoms with van der Waals surface area (Å²) in [4.78, 5) is 12.6. The topological polar surface area (TPSA) is 61.5 Å². The Kier molecular flexibility index (Phi) is 3.52. The van der Waals surface area contributed by atoms with E-state index in [1.807, 2.05) is 12.1 Å². The maximum Gasteiger partial charge on any atom is 0.195 e. The van der Waals surface area contributed by atoms with Crippen LogP contribution in [0.15, 0.2) is 42.5 Å². The van der Waals surface area contributed by atoms with Crippen molar-refractivity contribution < 1.29 is 14.3 Å². The summed E-state index contributed by atoms with van der Waals surface area (Å²) in [6.07, 6.45) is 2.47. The number of carbonyl (C=O) groups excluding carboxylic acids is 1. The van der Waals surface area contributed by atoms with Crippen molar-refractivity contribution >= 4 is 11.5 Å². The lowest BCUT2D eigenvalue weighted by Crippen LogP contribution is -2.07. The molecule has 1 aliphatic rings. The number of carbonyl (C=O) groups is 1. The molecule has 1 fully saturated rings. The lowest BCUT2D eigenvalue weighted by molar-refractivity contribution is 0.103. The fourth-order valence-corrected chi connectivity index (χ4v) is 2.16. The summed E-state index contributed by atoms with van der Waals surface area (Å²) in [5.41, 5.74) is 7.35. The van der Waals surface area contributed by atoms with Crippen LogP contribution in [0, 0.1) is 0 Å². The zero-order valence-corrected chi connectivity index (χ0v) is 11.8. The molecule has 0 unspecified atom stereocenters. The van der Waals surface area contributed by atoms with E-state index in [-0.39, 0.29) is 5.78 Å². The van der Waals surface area contributed by atoms with E-state index < -0.39 is 0 Å². The maximum atomic E-state index is 12.6. The predicted molar refractivity (Wildman–Crippen MR) is 80.9 cm³/mol. The molecule has 2 aromatic carbocycles. The van der Waals surface area contributed by atoms with Crippen molar-refractivity contribution in [1.29, 1.82) is 0 Å². The molecule has 1 aliphatic carbocycles. The van der Waals surface area contributed by atoms with E-state index in [2.05, 4.69) is 0 Å². The SMILES string of the molecule is COc1cccc(C(=O)c2cccc(OC3CC3)c2)c1N. The van der Waals surface area contributed by atoms with Crippen molar-refractivity contribution in [3.05, 3.63) is 53.6 Å². The number of ether oxygens (including phenoxy) is 2. The van der Waals surface area contributed by atoms with Gasteiger partial charge < -0.3 is 15.2 Å². The van der Waals surface area contributed by atoms with Crippen LogP contribution in [-0.4, -0.2) is 19.0 Å². The molecule has 108 valence electrons. The number of methoxy groups -OCH3 is 1. The van der Waals surface area contributed by atoms with E-state index in [0.29, 0.717) is 28.7 Å². The third kappa shape index (κ3) is 2.84. The third-order valence-corrected chi connectivity index (χ3v) is 3.45. The molecule has 0 aromatic heterocycles. The van der Waals surface area contributed by atoms with E-state index in [0.717, 1.165) is 18.6 Å². The second-order valence-electron chi connectivity index (χ2n) is 5.10. The molecule has 0 spiro atoms. The molecule has 0 bridgehead atoms. The minimum Gasteiger partial charge on any atom is -0.495 e. The minimum atomic E-state index is -0.132. The summed E-state index contributed by atoms with van der Waals surface area (Å²) in [7, 11) is 1.53. The van der Waals surface area contributed by atoms with Gasteiger partial charge in [-0.2, -0.15) is 0 Å². The highest BCUT2D eigenvalue weighted by Crippen LogP contribution is 2.29. The van der Waals surface area contributed by atoms with Gasteiger partial charge in [-0.15, -0.1) is 0 Å². The van der Waals surface area contributed by atoms with Gasteiger partial charge in [0.1, 0.15) is 11.5 Å². The van der Waals surface area contributed by atoms with Crippen molar-refractivity contribution in [2.24, 2.45) is 0 Å². The predicted octanol–water partition coefficient (Wildman–Crippen LogP) is 3.05. The van der Waals surface area contributed by atoms with E-state index in [9.17, 15) is 4.79 Å². The monoisotopic (exact) mass is 283 g/mol. The van der Waals surface area contributed by atoms with Gasteiger partial charge in [-0.3, -0.25) is 4.79 Å². The molecular formula is C17H17NO3. The molecule has 21 heavy (non-hydrogen) atoms. The van der Waals surface area contributed by atoms with Crippen molar-refractivity contribution in [1.82, 2.24) is 0 Å². The molecule has 3 rings (SSSR count). The van der Waals surface area contributed by atoms with Gasteiger partial charge in [-0.25, -0.2) is 0 Å². The van der Waals surface area contributed by atoms with Crippen LogP contribution >= 0.6 is 0 Å². The number of benzene rings is 2. The molecule has 0 atom stereocenters. The lowest BCUT2D eigenvalue weighted by atomic mass is 10.0. The minimum absolute atomic E-state index is 0.132. The second kappa shape index (κ2) is 5.48. The van der Waals surface area contributed by atoms with Gasteiger partial charge in [0, 0.05) is 11.1 Å². The highest BCUT2D eigenvalue weighted by Gasteiger charge is 2.24. The standard InChI is InChI=1S/C17H17NO3/c1-20-15-7-3-6-14(16(15)18)17(19)11-4-2-5-13(10-11)21-12-8-9-12/h2-7,10,12H,8-9,18H2,1H3. The van der Waals surface area contributed by atoms with Gasteiger partial charge in [-0.1, -0.05) is 18.2 Å². The fraction of sp³-hybridized carbons (Fsp3) is 0.235. The Morgan fingerprint density at radius 1 is 1.19 bits per heavy atom. The number of rotatable bonds is 5. The first-order valence-corrected chi connectivity index (χ1v) is 6.93. The summed E-state index contributed by atoms with van der Waals surface area (Å²) in [6.45, 7) is 0. The Morgan fingerprint density at radius 3 is 2.67 bits per heavy atom. The van der Waals surface area contributed by atoms with Gasteiger partial charge in [0.05, 0.1) is 18.9 Å². The molecule has 0 heterocycles. The molecule has 2 N–H and O–H groups in total. The van der Waals surface area contributed by atoms with Crippen LogP contribution in [0.5, 0.6) is 11.5 Å². The van der Waals surface area contributed by atoms with E-state index in [4.69, 9.17) is 15.2 Å². The summed E-state index contributed by atoms with van der Waals surface area (Å²) >= 11 is 0. The highest BCUT2D eigenvalue weighted by molar-refractivity contribution is 6.12. The number of para-hydroxylation sites is 1.